The molecule has 0 radical (unpaired) electrons. The first-order valence-electron chi connectivity index (χ1n) is 6.59. The first-order valence-corrected chi connectivity index (χ1v) is 7.99. The van der Waals surface area contributed by atoms with Gasteiger partial charge in [-0.25, -0.2) is 8.42 Å². The number of aryl methyl sites for hydroxylation is 1. The van der Waals surface area contributed by atoms with Gasteiger partial charge in [0.25, 0.3) is 0 Å². The van der Waals surface area contributed by atoms with Crippen LogP contribution in [-0.4, -0.2) is 23.9 Å². The van der Waals surface area contributed by atoms with E-state index in [0.717, 1.165) is 18.4 Å². The predicted molar refractivity (Wildman–Crippen MR) is 78.7 cm³/mol. The third-order valence-corrected chi connectivity index (χ3v) is 3.88. The third-order valence-electron chi connectivity index (χ3n) is 3.03. The van der Waals surface area contributed by atoms with Gasteiger partial charge in [0.15, 0.2) is 0 Å². The van der Waals surface area contributed by atoms with E-state index in [2.05, 4.69) is 6.92 Å². The molecule has 0 heterocycles. The molecule has 1 aromatic rings. The second-order valence-electron chi connectivity index (χ2n) is 4.62. The van der Waals surface area contributed by atoms with E-state index >= 15 is 0 Å². The Morgan fingerprint density at radius 1 is 0.905 bits per heavy atom. The van der Waals surface area contributed by atoms with Crippen LogP contribution in [0.15, 0.2) is 29.2 Å². The van der Waals surface area contributed by atoms with E-state index < -0.39 is 10.1 Å². The molecule has 21 heavy (non-hydrogen) atoms. The number of hydrogen-bond acceptors (Lipinski definition) is 3. The molecule has 0 saturated heterocycles. The van der Waals surface area contributed by atoms with Gasteiger partial charge < -0.3 is 15.5 Å². The molecule has 0 aliphatic rings. The summed E-state index contributed by atoms with van der Waals surface area (Å²) in [5, 5.41) is 0. The summed E-state index contributed by atoms with van der Waals surface area (Å²) in [6.07, 6.45) is 8.39. The van der Waals surface area contributed by atoms with Crippen LogP contribution in [0.1, 0.15) is 51.0 Å². The minimum atomic E-state index is -4.31. The average molecular weight is 328 g/mol. The zero-order chi connectivity index (χ0) is 13.4. The maximum Gasteiger partial charge on any atom is 1.00 e. The fourth-order valence-corrected chi connectivity index (χ4v) is 2.40. The van der Waals surface area contributed by atoms with Gasteiger partial charge in [-0.1, -0.05) is 51.2 Å². The Morgan fingerprint density at radius 2 is 1.38 bits per heavy atom. The third kappa shape index (κ3) is 11.3. The molecule has 4 N–H and O–H groups in total. The molecular formula is C14H25NaO5S. The van der Waals surface area contributed by atoms with Crippen LogP contribution in [0, 0.1) is 0 Å². The fraction of sp³-hybridized carbons (Fsp3) is 0.571. The van der Waals surface area contributed by atoms with E-state index in [1.165, 1.54) is 44.2 Å². The van der Waals surface area contributed by atoms with Crippen LogP contribution in [0.4, 0.5) is 0 Å². The Kier molecular flexibility index (Phi) is 16.9. The largest absolute Gasteiger partial charge is 1.00 e. The van der Waals surface area contributed by atoms with Crippen molar-refractivity contribution in [1.29, 1.82) is 0 Å². The van der Waals surface area contributed by atoms with Crippen molar-refractivity contribution in [3.63, 3.8) is 0 Å². The van der Waals surface area contributed by atoms with E-state index in [4.69, 9.17) is 0 Å². The minimum Gasteiger partial charge on any atom is -0.744 e. The van der Waals surface area contributed by atoms with E-state index in [1.54, 1.807) is 12.1 Å². The normalized spacial score (nSPS) is 10.0. The molecule has 0 atom stereocenters. The summed E-state index contributed by atoms with van der Waals surface area (Å²) in [5.74, 6) is 0. The summed E-state index contributed by atoms with van der Waals surface area (Å²) >= 11 is 0. The summed E-state index contributed by atoms with van der Waals surface area (Å²) < 4.78 is 32.2. The SMILES string of the molecule is CCCCCCCCc1ccc(S(=O)(=O)[O-])cc1.O.O.[Na+]. The Bertz CT molecular complexity index is 445. The van der Waals surface area contributed by atoms with E-state index in [9.17, 15) is 13.0 Å². The standard InChI is InChI=1S/C14H22O3S.Na.2H2O/c1-2-3-4-5-6-7-8-13-9-11-14(12-10-13)18(15,16)17;;;/h9-12H,2-8H2,1H3,(H,15,16,17);;2*1H2/q;+1;;/p-1. The molecule has 0 aromatic heterocycles. The molecule has 0 fully saturated rings. The van der Waals surface area contributed by atoms with Crippen LogP contribution >= 0.6 is 0 Å². The second kappa shape index (κ2) is 13.7. The molecule has 0 aliphatic heterocycles. The minimum absolute atomic E-state index is 0. The second-order valence-corrected chi connectivity index (χ2v) is 6.00. The maximum atomic E-state index is 10.7. The predicted octanol–water partition coefficient (Wildman–Crippen LogP) is -1.15. The maximum absolute atomic E-state index is 10.7. The molecule has 1 aromatic carbocycles. The fourth-order valence-electron chi connectivity index (χ4n) is 1.93. The molecule has 0 spiro atoms. The molecule has 118 valence electrons. The van der Waals surface area contributed by atoms with Gasteiger partial charge in [-0.05, 0) is 30.5 Å². The van der Waals surface area contributed by atoms with Crippen molar-refractivity contribution in [2.75, 3.05) is 0 Å². The van der Waals surface area contributed by atoms with Crippen LogP contribution in [0.5, 0.6) is 0 Å². The summed E-state index contributed by atoms with van der Waals surface area (Å²) in [6, 6.07) is 6.26. The van der Waals surface area contributed by atoms with Crippen LogP contribution < -0.4 is 29.6 Å². The number of unbranched alkanes of at least 4 members (excludes halogenated alkanes) is 5. The molecule has 0 saturated carbocycles. The zero-order valence-corrected chi connectivity index (χ0v) is 15.7. The average Bonchev–Trinajstić information content (AvgIpc) is 2.33. The van der Waals surface area contributed by atoms with E-state index in [0.29, 0.717) is 0 Å². The number of benzene rings is 1. The van der Waals surface area contributed by atoms with Crippen molar-refractivity contribution in [2.45, 2.75) is 56.8 Å². The summed E-state index contributed by atoms with van der Waals surface area (Å²) in [5.41, 5.74) is 1.10. The molecule has 0 amide bonds. The van der Waals surface area contributed by atoms with Gasteiger partial charge in [-0.15, -0.1) is 0 Å². The summed E-state index contributed by atoms with van der Waals surface area (Å²) in [6.45, 7) is 2.20. The Labute approximate surface area is 149 Å². The Hall–Kier alpha value is 0.0500. The van der Waals surface area contributed by atoms with Gasteiger partial charge in [0, 0.05) is 0 Å². The van der Waals surface area contributed by atoms with E-state index in [1.807, 2.05) is 0 Å². The van der Waals surface area contributed by atoms with Crippen molar-refractivity contribution in [1.82, 2.24) is 0 Å². The molecule has 0 aliphatic carbocycles. The van der Waals surface area contributed by atoms with Crippen molar-refractivity contribution in [3.05, 3.63) is 29.8 Å². The van der Waals surface area contributed by atoms with Gasteiger partial charge in [0.2, 0.25) is 0 Å². The van der Waals surface area contributed by atoms with Gasteiger partial charge >= 0.3 is 29.6 Å². The Balaban J connectivity index is -0.00000108. The van der Waals surface area contributed by atoms with Gasteiger partial charge in [-0.2, -0.15) is 0 Å². The quantitative estimate of drug-likeness (QED) is 0.340. The Morgan fingerprint density at radius 3 is 1.86 bits per heavy atom. The molecular weight excluding hydrogens is 303 g/mol. The molecule has 0 bridgehead atoms. The smallest absolute Gasteiger partial charge is 0.744 e. The van der Waals surface area contributed by atoms with Crippen molar-refractivity contribution in [3.8, 4) is 0 Å². The molecule has 5 nitrogen and oxygen atoms in total. The number of hydrogen-bond donors (Lipinski definition) is 0. The van der Waals surface area contributed by atoms with Gasteiger partial charge in [0.05, 0.1) is 4.90 Å². The van der Waals surface area contributed by atoms with Crippen LogP contribution in [0.2, 0.25) is 0 Å². The van der Waals surface area contributed by atoms with Gasteiger partial charge in [-0.3, -0.25) is 0 Å². The van der Waals surface area contributed by atoms with Crippen LogP contribution in [-0.2, 0) is 16.5 Å². The van der Waals surface area contributed by atoms with Crippen molar-refractivity contribution < 1.29 is 53.5 Å². The topological polar surface area (TPSA) is 120 Å². The van der Waals surface area contributed by atoms with E-state index in [-0.39, 0.29) is 45.4 Å². The molecule has 1 rings (SSSR count). The zero-order valence-electron chi connectivity index (χ0n) is 12.9. The van der Waals surface area contributed by atoms with Crippen LogP contribution in [0.25, 0.3) is 0 Å². The van der Waals surface area contributed by atoms with Crippen molar-refractivity contribution in [2.24, 2.45) is 0 Å². The van der Waals surface area contributed by atoms with Gasteiger partial charge in [0.1, 0.15) is 10.1 Å². The van der Waals surface area contributed by atoms with Crippen LogP contribution in [0.3, 0.4) is 0 Å². The van der Waals surface area contributed by atoms with Crippen molar-refractivity contribution >= 4 is 10.1 Å². The monoisotopic (exact) mass is 328 g/mol. The summed E-state index contributed by atoms with van der Waals surface area (Å²) in [7, 11) is -4.31. The summed E-state index contributed by atoms with van der Waals surface area (Å²) in [4.78, 5) is -0.144. The number of rotatable bonds is 8. The first-order chi connectivity index (χ1) is 8.54. The first kappa shape index (κ1) is 26.0. The molecule has 0 unspecified atom stereocenters. The molecule has 7 heteroatoms.